The van der Waals surface area contributed by atoms with Gasteiger partial charge in [-0.2, -0.15) is 0 Å². The van der Waals surface area contributed by atoms with Gasteiger partial charge in [0.15, 0.2) is 0 Å². The third kappa shape index (κ3) is 6.15. The van der Waals surface area contributed by atoms with Crippen LogP contribution in [-0.4, -0.2) is 4.98 Å². The summed E-state index contributed by atoms with van der Waals surface area (Å²) in [5.41, 5.74) is 3.21. The van der Waals surface area contributed by atoms with Crippen LogP contribution in [0.15, 0.2) is 12.1 Å². The maximum Gasteiger partial charge on any atom is 0.0149 e. The minimum absolute atomic E-state index is 0.522. The van der Waals surface area contributed by atoms with Gasteiger partial charge in [-0.1, -0.05) is 59.8 Å². The standard InChI is InChI=1S/C19H35N/c1-6-16(3)10-8-9-14-19(5,7-2)15-13-18-12-11-17(4)20-18/h11-12,16,20H,6-10,13-15H2,1-5H3. The Morgan fingerprint density at radius 3 is 2.45 bits per heavy atom. The van der Waals surface area contributed by atoms with E-state index in [-0.39, 0.29) is 0 Å². The van der Waals surface area contributed by atoms with Crippen molar-refractivity contribution in [3.63, 3.8) is 0 Å². The molecular formula is C19H35N. The molecule has 1 aromatic rings. The molecule has 1 heterocycles. The van der Waals surface area contributed by atoms with Crippen LogP contribution in [0.25, 0.3) is 0 Å². The molecule has 1 nitrogen and oxygen atoms in total. The number of unbranched alkanes of at least 4 members (excludes halogenated alkanes) is 1. The van der Waals surface area contributed by atoms with Crippen LogP contribution in [0.2, 0.25) is 0 Å². The first-order valence-corrected chi connectivity index (χ1v) is 8.63. The van der Waals surface area contributed by atoms with Crippen molar-refractivity contribution in [3.8, 4) is 0 Å². The fourth-order valence-corrected chi connectivity index (χ4v) is 2.87. The summed E-state index contributed by atoms with van der Waals surface area (Å²) in [4.78, 5) is 3.46. The summed E-state index contributed by atoms with van der Waals surface area (Å²) < 4.78 is 0. The molecule has 0 aromatic carbocycles. The summed E-state index contributed by atoms with van der Waals surface area (Å²) >= 11 is 0. The lowest BCUT2D eigenvalue weighted by Gasteiger charge is -2.28. The Balaban J connectivity index is 2.30. The zero-order chi connectivity index (χ0) is 15.0. The number of hydrogen-bond donors (Lipinski definition) is 1. The van der Waals surface area contributed by atoms with Crippen molar-refractivity contribution in [2.45, 2.75) is 86.0 Å². The Kier molecular flexibility index (Phi) is 7.40. The first-order valence-electron chi connectivity index (χ1n) is 8.63. The minimum atomic E-state index is 0.522. The molecule has 20 heavy (non-hydrogen) atoms. The van der Waals surface area contributed by atoms with Gasteiger partial charge in [0, 0.05) is 11.4 Å². The third-order valence-electron chi connectivity index (χ3n) is 5.17. The van der Waals surface area contributed by atoms with E-state index in [1.165, 1.54) is 62.8 Å². The van der Waals surface area contributed by atoms with Gasteiger partial charge in [0.05, 0.1) is 0 Å². The van der Waals surface area contributed by atoms with E-state index in [1.54, 1.807) is 0 Å². The summed E-state index contributed by atoms with van der Waals surface area (Å²) in [5, 5.41) is 0. The normalized spacial score (nSPS) is 16.1. The van der Waals surface area contributed by atoms with E-state index < -0.39 is 0 Å². The largest absolute Gasteiger partial charge is 0.363 e. The summed E-state index contributed by atoms with van der Waals surface area (Å²) in [7, 11) is 0. The zero-order valence-electron chi connectivity index (χ0n) is 14.4. The maximum absolute atomic E-state index is 3.46. The van der Waals surface area contributed by atoms with Crippen LogP contribution in [0, 0.1) is 18.3 Å². The van der Waals surface area contributed by atoms with Gasteiger partial charge < -0.3 is 4.98 Å². The molecule has 2 unspecified atom stereocenters. The lowest BCUT2D eigenvalue weighted by molar-refractivity contribution is 0.248. The zero-order valence-corrected chi connectivity index (χ0v) is 14.4. The molecule has 0 aliphatic rings. The average molecular weight is 277 g/mol. The van der Waals surface area contributed by atoms with Crippen molar-refractivity contribution < 1.29 is 0 Å². The molecule has 0 spiro atoms. The molecule has 0 amide bonds. The van der Waals surface area contributed by atoms with Gasteiger partial charge in [-0.25, -0.2) is 0 Å². The lowest BCUT2D eigenvalue weighted by Crippen LogP contribution is -2.16. The fourth-order valence-electron chi connectivity index (χ4n) is 2.87. The first-order chi connectivity index (χ1) is 9.49. The fraction of sp³-hybridized carbons (Fsp3) is 0.789. The number of hydrogen-bond acceptors (Lipinski definition) is 0. The molecule has 0 saturated carbocycles. The van der Waals surface area contributed by atoms with Gasteiger partial charge in [-0.05, 0) is 49.7 Å². The number of aromatic nitrogens is 1. The van der Waals surface area contributed by atoms with Crippen LogP contribution in [0.5, 0.6) is 0 Å². The summed E-state index contributed by atoms with van der Waals surface area (Å²) in [6.45, 7) is 11.7. The summed E-state index contributed by atoms with van der Waals surface area (Å²) in [6.07, 6.45) is 10.7. The van der Waals surface area contributed by atoms with Gasteiger partial charge in [0.1, 0.15) is 0 Å². The lowest BCUT2D eigenvalue weighted by atomic mass is 9.77. The van der Waals surface area contributed by atoms with Crippen LogP contribution in [0.1, 0.15) is 84.0 Å². The molecule has 1 rings (SSSR count). The molecule has 0 radical (unpaired) electrons. The van der Waals surface area contributed by atoms with Crippen molar-refractivity contribution in [1.82, 2.24) is 4.98 Å². The first kappa shape index (κ1) is 17.3. The molecule has 116 valence electrons. The van der Waals surface area contributed by atoms with Gasteiger partial charge in [0.25, 0.3) is 0 Å². The number of aromatic amines is 1. The number of nitrogens with one attached hydrogen (secondary N) is 1. The van der Waals surface area contributed by atoms with Crippen LogP contribution in [0.4, 0.5) is 0 Å². The summed E-state index contributed by atoms with van der Waals surface area (Å²) in [5.74, 6) is 0.907. The van der Waals surface area contributed by atoms with Gasteiger partial charge >= 0.3 is 0 Å². The van der Waals surface area contributed by atoms with Gasteiger partial charge in [-0.3, -0.25) is 0 Å². The molecule has 0 bridgehead atoms. The van der Waals surface area contributed by atoms with Crippen LogP contribution >= 0.6 is 0 Å². The van der Waals surface area contributed by atoms with E-state index in [0.29, 0.717) is 5.41 Å². The van der Waals surface area contributed by atoms with Crippen molar-refractivity contribution in [2.24, 2.45) is 11.3 Å². The highest BCUT2D eigenvalue weighted by Crippen LogP contribution is 2.34. The van der Waals surface area contributed by atoms with E-state index in [0.717, 1.165) is 5.92 Å². The highest BCUT2D eigenvalue weighted by atomic mass is 14.7. The number of aryl methyl sites for hydroxylation is 2. The van der Waals surface area contributed by atoms with E-state index in [2.05, 4.69) is 51.7 Å². The Morgan fingerprint density at radius 2 is 1.90 bits per heavy atom. The Labute approximate surface area is 126 Å². The molecule has 0 saturated heterocycles. The van der Waals surface area contributed by atoms with Crippen molar-refractivity contribution in [3.05, 3.63) is 23.5 Å². The highest BCUT2D eigenvalue weighted by molar-refractivity contribution is 5.11. The number of H-pyrrole nitrogens is 1. The van der Waals surface area contributed by atoms with Crippen LogP contribution in [-0.2, 0) is 6.42 Å². The quantitative estimate of drug-likeness (QED) is 0.484. The van der Waals surface area contributed by atoms with Crippen molar-refractivity contribution >= 4 is 0 Å². The predicted molar refractivity (Wildman–Crippen MR) is 90.2 cm³/mol. The molecule has 1 heteroatoms. The molecule has 1 N–H and O–H groups in total. The second kappa shape index (κ2) is 8.54. The number of rotatable bonds is 10. The maximum atomic E-state index is 3.46. The van der Waals surface area contributed by atoms with Crippen molar-refractivity contribution in [1.29, 1.82) is 0 Å². The molecule has 1 aromatic heterocycles. The van der Waals surface area contributed by atoms with Crippen LogP contribution in [0.3, 0.4) is 0 Å². The van der Waals surface area contributed by atoms with Crippen LogP contribution < -0.4 is 0 Å². The minimum Gasteiger partial charge on any atom is -0.363 e. The van der Waals surface area contributed by atoms with Gasteiger partial charge in [-0.15, -0.1) is 0 Å². The van der Waals surface area contributed by atoms with E-state index in [9.17, 15) is 0 Å². The SMILES string of the molecule is CCC(C)CCCCC(C)(CC)CCc1ccc(C)[nH]1. The van der Waals surface area contributed by atoms with Crippen molar-refractivity contribution in [2.75, 3.05) is 0 Å². The topological polar surface area (TPSA) is 15.8 Å². The highest BCUT2D eigenvalue weighted by Gasteiger charge is 2.21. The predicted octanol–water partition coefficient (Wildman–Crippen LogP) is 6.28. The second-order valence-electron chi connectivity index (χ2n) is 7.09. The molecule has 0 aliphatic heterocycles. The molecule has 2 atom stereocenters. The van der Waals surface area contributed by atoms with E-state index in [4.69, 9.17) is 0 Å². The van der Waals surface area contributed by atoms with E-state index in [1.807, 2.05) is 0 Å². The second-order valence-corrected chi connectivity index (χ2v) is 7.09. The third-order valence-corrected chi connectivity index (χ3v) is 5.17. The molecular weight excluding hydrogens is 242 g/mol. The smallest absolute Gasteiger partial charge is 0.0149 e. The Morgan fingerprint density at radius 1 is 1.15 bits per heavy atom. The Bertz CT molecular complexity index is 366. The Hall–Kier alpha value is -0.720. The average Bonchev–Trinajstić information content (AvgIpc) is 2.87. The molecule has 0 aliphatic carbocycles. The molecule has 0 fully saturated rings. The van der Waals surface area contributed by atoms with Gasteiger partial charge in [0.2, 0.25) is 0 Å². The monoisotopic (exact) mass is 277 g/mol. The summed E-state index contributed by atoms with van der Waals surface area (Å²) in [6, 6.07) is 4.43. The van der Waals surface area contributed by atoms with E-state index >= 15 is 0 Å².